The third-order valence-corrected chi connectivity index (χ3v) is 5.16. The van der Waals surface area contributed by atoms with Crippen LogP contribution in [0.15, 0.2) is 43.9 Å². The monoisotopic (exact) mass is 500 g/mol. The Morgan fingerprint density at radius 1 is 1.22 bits per heavy atom. The van der Waals surface area contributed by atoms with Crippen LogP contribution in [0.3, 0.4) is 0 Å². The van der Waals surface area contributed by atoms with Crippen LogP contribution in [0.4, 0.5) is 0 Å². The van der Waals surface area contributed by atoms with Gasteiger partial charge in [0, 0.05) is 16.2 Å². The first-order valence-electron chi connectivity index (χ1n) is 6.81. The molecule has 0 aliphatic carbocycles. The first kappa shape index (κ1) is 16.7. The summed E-state index contributed by atoms with van der Waals surface area (Å²) in [6.45, 7) is 1.97. The summed E-state index contributed by atoms with van der Waals surface area (Å²) < 4.78 is 3.58. The molecule has 0 saturated heterocycles. The predicted octanol–water partition coefficient (Wildman–Crippen LogP) is 5.12. The summed E-state index contributed by atoms with van der Waals surface area (Å²) in [5, 5.41) is 9.82. The van der Waals surface area contributed by atoms with E-state index in [9.17, 15) is 9.90 Å². The molecule has 2 aromatic heterocycles. The number of imidazole rings is 1. The summed E-state index contributed by atoms with van der Waals surface area (Å²) in [6.07, 6.45) is 2.49. The van der Waals surface area contributed by atoms with Crippen LogP contribution in [-0.2, 0) is 6.42 Å². The lowest BCUT2D eigenvalue weighted by Gasteiger charge is -2.07. The number of phenols is 1. The molecule has 3 rings (SSSR count). The Labute approximate surface area is 157 Å². The highest BCUT2D eigenvalue weighted by atomic mass is 79.9. The second-order valence-corrected chi connectivity index (χ2v) is 7.58. The van der Waals surface area contributed by atoms with Crippen molar-refractivity contribution in [2.45, 2.75) is 13.3 Å². The number of aryl methyl sites for hydroxylation is 1. The largest absolute Gasteiger partial charge is 0.506 e. The molecule has 0 saturated carbocycles. The molecule has 2 heterocycles. The van der Waals surface area contributed by atoms with E-state index in [2.05, 4.69) is 52.8 Å². The zero-order valence-corrected chi connectivity index (χ0v) is 16.7. The molecule has 0 atom stereocenters. The van der Waals surface area contributed by atoms with E-state index in [1.54, 1.807) is 16.5 Å². The molecule has 0 bridgehead atoms. The molecular formula is C16H11Br3N2O2. The van der Waals surface area contributed by atoms with E-state index in [-0.39, 0.29) is 11.5 Å². The number of benzene rings is 1. The molecule has 23 heavy (non-hydrogen) atoms. The highest BCUT2D eigenvalue weighted by Crippen LogP contribution is 2.34. The normalized spacial score (nSPS) is 11.1. The molecule has 0 fully saturated rings. The van der Waals surface area contributed by atoms with E-state index >= 15 is 0 Å². The molecule has 4 nitrogen and oxygen atoms in total. The Kier molecular flexibility index (Phi) is 4.62. The van der Waals surface area contributed by atoms with Crippen molar-refractivity contribution in [2.75, 3.05) is 0 Å². The van der Waals surface area contributed by atoms with Gasteiger partial charge in [0.05, 0.1) is 14.6 Å². The molecule has 1 N–H and O–H groups in total. The van der Waals surface area contributed by atoms with Crippen molar-refractivity contribution in [3.63, 3.8) is 0 Å². The van der Waals surface area contributed by atoms with Crippen LogP contribution >= 0.6 is 47.8 Å². The quantitative estimate of drug-likeness (QED) is 0.506. The topological polar surface area (TPSA) is 54.6 Å². The summed E-state index contributed by atoms with van der Waals surface area (Å²) in [5.74, 6) is -0.0769. The number of nitrogens with zero attached hydrogens (tertiary/aromatic N) is 2. The number of ketones is 1. The average Bonchev–Trinajstić information content (AvgIpc) is 2.89. The SMILES string of the molecule is CCc1nc2ccc(Br)cn2c1C(=O)c1cc(Br)c(O)c(Br)c1. The van der Waals surface area contributed by atoms with Crippen LogP contribution in [0.1, 0.15) is 28.7 Å². The number of phenolic OH excluding ortho intramolecular Hbond substituents is 1. The van der Waals surface area contributed by atoms with Crippen molar-refractivity contribution in [1.82, 2.24) is 9.38 Å². The minimum atomic E-state index is -0.145. The van der Waals surface area contributed by atoms with E-state index < -0.39 is 0 Å². The minimum Gasteiger partial charge on any atom is -0.506 e. The maximum atomic E-state index is 13.0. The van der Waals surface area contributed by atoms with Gasteiger partial charge in [0.25, 0.3) is 0 Å². The van der Waals surface area contributed by atoms with Crippen molar-refractivity contribution in [3.05, 3.63) is 60.8 Å². The van der Waals surface area contributed by atoms with E-state index in [4.69, 9.17) is 0 Å². The Morgan fingerprint density at radius 2 is 1.87 bits per heavy atom. The van der Waals surface area contributed by atoms with Gasteiger partial charge < -0.3 is 5.11 Å². The lowest BCUT2D eigenvalue weighted by atomic mass is 10.1. The first-order chi connectivity index (χ1) is 10.9. The standard InChI is InChI=1S/C16H11Br3N2O2/c1-2-12-14(21-7-9(17)3-4-13(21)20-12)15(22)8-5-10(18)16(23)11(19)6-8/h3-7,23H,2H2,1H3. The van der Waals surface area contributed by atoms with Crippen molar-refractivity contribution >= 4 is 59.2 Å². The molecule has 0 unspecified atom stereocenters. The Bertz CT molecular complexity index is 911. The highest BCUT2D eigenvalue weighted by molar-refractivity contribution is 9.11. The van der Waals surface area contributed by atoms with Gasteiger partial charge >= 0.3 is 0 Å². The molecule has 0 aliphatic rings. The fourth-order valence-electron chi connectivity index (χ4n) is 2.39. The van der Waals surface area contributed by atoms with Crippen LogP contribution in [0.25, 0.3) is 5.65 Å². The third kappa shape index (κ3) is 2.97. The van der Waals surface area contributed by atoms with Crippen LogP contribution < -0.4 is 0 Å². The highest BCUT2D eigenvalue weighted by Gasteiger charge is 2.21. The maximum absolute atomic E-state index is 13.0. The van der Waals surface area contributed by atoms with Gasteiger partial charge in [-0.3, -0.25) is 9.20 Å². The number of carbonyl (C=O) groups is 1. The van der Waals surface area contributed by atoms with E-state index in [0.717, 1.165) is 15.8 Å². The number of carbonyl (C=O) groups excluding carboxylic acids is 1. The van der Waals surface area contributed by atoms with E-state index in [1.807, 2.05) is 25.3 Å². The van der Waals surface area contributed by atoms with Crippen molar-refractivity contribution in [2.24, 2.45) is 0 Å². The number of aromatic nitrogens is 2. The summed E-state index contributed by atoms with van der Waals surface area (Å²) in [4.78, 5) is 17.6. The number of rotatable bonds is 3. The number of hydrogen-bond donors (Lipinski definition) is 1. The molecule has 0 aliphatic heterocycles. The van der Waals surface area contributed by atoms with Gasteiger partial charge in [-0.1, -0.05) is 6.92 Å². The second-order valence-electron chi connectivity index (χ2n) is 4.95. The van der Waals surface area contributed by atoms with Crippen LogP contribution in [-0.4, -0.2) is 20.3 Å². The molecule has 0 amide bonds. The molecule has 3 aromatic rings. The first-order valence-corrected chi connectivity index (χ1v) is 9.19. The number of fused-ring (bicyclic) bond motifs is 1. The van der Waals surface area contributed by atoms with Crippen LogP contribution in [0.2, 0.25) is 0 Å². The van der Waals surface area contributed by atoms with Gasteiger partial charge in [0.15, 0.2) is 0 Å². The Morgan fingerprint density at radius 3 is 2.48 bits per heavy atom. The zero-order valence-electron chi connectivity index (χ0n) is 12.0. The lowest BCUT2D eigenvalue weighted by Crippen LogP contribution is -2.08. The smallest absolute Gasteiger partial charge is 0.211 e. The van der Waals surface area contributed by atoms with Crippen molar-refractivity contribution < 1.29 is 9.90 Å². The van der Waals surface area contributed by atoms with Gasteiger partial charge in [-0.15, -0.1) is 0 Å². The van der Waals surface area contributed by atoms with Crippen LogP contribution in [0, 0.1) is 0 Å². The van der Waals surface area contributed by atoms with E-state index in [0.29, 0.717) is 26.6 Å². The van der Waals surface area contributed by atoms with Gasteiger partial charge in [-0.05, 0) is 78.5 Å². The fourth-order valence-corrected chi connectivity index (χ4v) is 3.91. The maximum Gasteiger partial charge on any atom is 0.211 e. The molecule has 118 valence electrons. The Balaban J connectivity index is 2.23. The van der Waals surface area contributed by atoms with Crippen molar-refractivity contribution in [1.29, 1.82) is 0 Å². The number of aromatic hydroxyl groups is 1. The lowest BCUT2D eigenvalue weighted by molar-refractivity contribution is 0.103. The van der Waals surface area contributed by atoms with Crippen molar-refractivity contribution in [3.8, 4) is 5.75 Å². The number of halogens is 3. The average molecular weight is 503 g/mol. The molecule has 7 heteroatoms. The van der Waals surface area contributed by atoms with Gasteiger partial charge in [0.2, 0.25) is 5.78 Å². The minimum absolute atomic E-state index is 0.0677. The number of pyridine rings is 1. The fraction of sp³-hybridized carbons (Fsp3) is 0.125. The second kappa shape index (κ2) is 6.37. The van der Waals surface area contributed by atoms with Gasteiger partial charge in [-0.25, -0.2) is 4.98 Å². The van der Waals surface area contributed by atoms with Crippen LogP contribution in [0.5, 0.6) is 5.75 Å². The van der Waals surface area contributed by atoms with E-state index in [1.165, 1.54) is 0 Å². The van der Waals surface area contributed by atoms with Gasteiger partial charge in [0.1, 0.15) is 17.1 Å². The molecule has 0 spiro atoms. The summed E-state index contributed by atoms with van der Waals surface area (Å²) in [6, 6.07) is 6.98. The predicted molar refractivity (Wildman–Crippen MR) is 99.2 cm³/mol. The summed E-state index contributed by atoms with van der Waals surface area (Å²) in [5.41, 5.74) is 2.48. The molecular weight excluding hydrogens is 492 g/mol. The summed E-state index contributed by atoms with van der Waals surface area (Å²) in [7, 11) is 0. The molecule has 0 radical (unpaired) electrons. The summed E-state index contributed by atoms with van der Waals surface area (Å²) >= 11 is 9.95. The zero-order chi connectivity index (χ0) is 16.7. The molecule has 1 aromatic carbocycles. The Hall–Kier alpha value is -1.18. The van der Waals surface area contributed by atoms with Gasteiger partial charge in [-0.2, -0.15) is 0 Å². The number of hydrogen-bond acceptors (Lipinski definition) is 3. The third-order valence-electron chi connectivity index (χ3n) is 3.48.